The number of para-hydroxylation sites is 8. The molecule has 6 heteroatoms. The van der Waals surface area contributed by atoms with Crippen molar-refractivity contribution in [3.8, 4) is 33.6 Å². The van der Waals surface area contributed by atoms with Gasteiger partial charge in [-0.1, -0.05) is 194 Å². The van der Waals surface area contributed by atoms with Gasteiger partial charge in [-0.05, 0) is 71.8 Å². The first-order valence-electron chi connectivity index (χ1n) is 28.9. The van der Waals surface area contributed by atoms with E-state index in [0.717, 1.165) is 88.4 Å². The Morgan fingerprint density at radius 1 is 0.226 bits per heavy atom. The molecule has 386 valence electrons. The summed E-state index contributed by atoms with van der Waals surface area (Å²) in [6, 6.07) is 93.8. The predicted octanol–water partition coefficient (Wildman–Crippen LogP) is 21.3. The summed E-state index contributed by atoms with van der Waals surface area (Å²) in [6.07, 6.45) is 0. The van der Waals surface area contributed by atoms with E-state index in [1.807, 2.05) is 0 Å². The lowest BCUT2D eigenvalue weighted by atomic mass is 9.89. The normalized spacial score (nSPS) is 12.8. The first-order chi connectivity index (χ1) is 41.8. The van der Waals surface area contributed by atoms with Crippen molar-refractivity contribution in [2.45, 2.75) is 0 Å². The van der Waals surface area contributed by atoms with Crippen LogP contribution in [0.3, 0.4) is 0 Å². The Hall–Kier alpha value is -11.3. The number of hydrogen-bond donors (Lipinski definition) is 0. The predicted molar refractivity (Wildman–Crippen MR) is 350 cm³/mol. The zero-order valence-corrected chi connectivity index (χ0v) is 44.9. The minimum atomic E-state index is 0.874. The number of fused-ring (bicyclic) bond motifs is 26. The van der Waals surface area contributed by atoms with Crippen LogP contribution in [0.4, 0.5) is 0 Å². The van der Waals surface area contributed by atoms with Gasteiger partial charge in [0, 0.05) is 97.3 Å². The average Bonchev–Trinajstić information content (AvgIpc) is 1.53. The molecule has 84 heavy (non-hydrogen) atoms. The summed E-state index contributed by atoms with van der Waals surface area (Å²) in [4.78, 5) is 0. The number of nitrogens with zero attached hydrogens (tertiary/aromatic N) is 4. The first kappa shape index (κ1) is 43.5. The number of furan rings is 2. The van der Waals surface area contributed by atoms with Crippen LogP contribution >= 0.6 is 0 Å². The van der Waals surface area contributed by atoms with Crippen molar-refractivity contribution in [1.82, 2.24) is 17.9 Å². The Morgan fingerprint density at radius 3 is 1.00 bits per heavy atom. The van der Waals surface area contributed by atoms with Crippen LogP contribution in [0.1, 0.15) is 0 Å². The van der Waals surface area contributed by atoms with Crippen LogP contribution in [0.25, 0.3) is 197 Å². The Balaban J connectivity index is 1.04. The monoisotopic (exact) mass is 1070 g/mol. The van der Waals surface area contributed by atoms with Crippen molar-refractivity contribution in [1.29, 1.82) is 0 Å². The standard InChI is InChI=1S/C78H42N4O2/c1-3-21-43(22-4-1)65-71-53-41-61-67(49-27-7-13-33-55(49)79(61)59-37-19-31-47-45-25-11-17-39-63(45)83-77(47)59)69-52-30-10-16-36-58(52)82(73(53)69)76(71)66(44-23-5-2-6-24-44)72-54-42-62-68(70-51-29-9-15-35-57(51)81(74(54)70)75(65)72)50-28-8-14-34-56(50)80(62)60-38-20-32-48-46-26-12-18-40-64(46)84-78(48)60/h1-42H. The second-order valence-corrected chi connectivity index (χ2v) is 22.9. The van der Waals surface area contributed by atoms with Gasteiger partial charge in [0.25, 0.3) is 0 Å². The maximum atomic E-state index is 6.93. The molecule has 0 aliphatic heterocycles. The molecule has 0 aliphatic carbocycles. The Labute approximate surface area is 476 Å². The second-order valence-electron chi connectivity index (χ2n) is 22.9. The van der Waals surface area contributed by atoms with E-state index in [9.17, 15) is 0 Å². The molecule has 6 nitrogen and oxygen atoms in total. The molecule has 0 bridgehead atoms. The summed E-state index contributed by atoms with van der Waals surface area (Å²) in [5, 5.41) is 19.1. The Morgan fingerprint density at radius 2 is 0.571 bits per heavy atom. The molecule has 21 aromatic rings. The van der Waals surface area contributed by atoms with Gasteiger partial charge >= 0.3 is 0 Å². The summed E-state index contributed by atoms with van der Waals surface area (Å²) in [7, 11) is 0. The van der Waals surface area contributed by atoms with Gasteiger partial charge in [0.1, 0.15) is 11.2 Å². The lowest BCUT2D eigenvalue weighted by Gasteiger charge is -2.16. The molecule has 13 aromatic carbocycles. The van der Waals surface area contributed by atoms with Crippen LogP contribution in [-0.2, 0) is 0 Å². The Bertz CT molecular complexity index is 6070. The molecule has 0 aliphatic rings. The van der Waals surface area contributed by atoms with Crippen molar-refractivity contribution >= 4 is 164 Å². The lowest BCUT2D eigenvalue weighted by Crippen LogP contribution is -1.95. The van der Waals surface area contributed by atoms with E-state index < -0.39 is 0 Å². The van der Waals surface area contributed by atoms with Gasteiger partial charge in [-0.15, -0.1) is 0 Å². The van der Waals surface area contributed by atoms with E-state index in [-0.39, 0.29) is 0 Å². The van der Waals surface area contributed by atoms with Gasteiger partial charge in [0.15, 0.2) is 11.2 Å². The highest BCUT2D eigenvalue weighted by molar-refractivity contribution is 6.44. The third kappa shape index (κ3) is 5.12. The van der Waals surface area contributed by atoms with Gasteiger partial charge < -0.3 is 26.8 Å². The van der Waals surface area contributed by atoms with Gasteiger partial charge in [0.05, 0.1) is 66.5 Å². The highest BCUT2D eigenvalue weighted by Crippen LogP contribution is 2.57. The van der Waals surface area contributed by atoms with Crippen molar-refractivity contribution in [2.24, 2.45) is 0 Å². The van der Waals surface area contributed by atoms with E-state index in [2.05, 4.69) is 273 Å². The molecule has 0 radical (unpaired) electrons. The van der Waals surface area contributed by atoms with Gasteiger partial charge in [-0.25, -0.2) is 0 Å². The fourth-order valence-electron chi connectivity index (χ4n) is 15.9. The van der Waals surface area contributed by atoms with Crippen molar-refractivity contribution < 1.29 is 8.83 Å². The summed E-state index contributed by atoms with van der Waals surface area (Å²) in [5.74, 6) is 0. The zero-order chi connectivity index (χ0) is 54.2. The van der Waals surface area contributed by atoms with Gasteiger partial charge in [-0.3, -0.25) is 0 Å². The van der Waals surface area contributed by atoms with Crippen LogP contribution in [0.2, 0.25) is 0 Å². The first-order valence-corrected chi connectivity index (χ1v) is 28.9. The maximum absolute atomic E-state index is 6.93. The van der Waals surface area contributed by atoms with Crippen LogP contribution < -0.4 is 0 Å². The second kappa shape index (κ2) is 15.4. The number of hydrogen-bond acceptors (Lipinski definition) is 2. The van der Waals surface area contributed by atoms with Gasteiger partial charge in [0.2, 0.25) is 0 Å². The molecule has 21 rings (SSSR count). The minimum Gasteiger partial charge on any atom is -0.454 e. The smallest absolute Gasteiger partial charge is 0.159 e. The largest absolute Gasteiger partial charge is 0.454 e. The van der Waals surface area contributed by atoms with Crippen LogP contribution in [0, 0.1) is 0 Å². The summed E-state index contributed by atoms with van der Waals surface area (Å²) < 4.78 is 24.1. The number of aromatic nitrogens is 4. The zero-order valence-electron chi connectivity index (χ0n) is 44.9. The highest BCUT2D eigenvalue weighted by atomic mass is 16.3. The molecule has 0 spiro atoms. The van der Waals surface area contributed by atoms with Gasteiger partial charge in [-0.2, -0.15) is 0 Å². The topological polar surface area (TPSA) is 45.0 Å². The SMILES string of the molecule is c1ccc(-c2c3c4cc5c(c6ccccc6n5-c5cccc6c5oc5ccccc56)c5c6ccccc6n(c3c(-c3ccccc3)c3c6cc7c(c8ccccc8n7-c7cccc8c7oc7ccccc78)c7c8ccccc8n(c23)c67)c45)cc1. The fourth-order valence-corrected chi connectivity index (χ4v) is 15.9. The van der Waals surface area contributed by atoms with Crippen LogP contribution in [-0.4, -0.2) is 17.9 Å². The highest BCUT2D eigenvalue weighted by Gasteiger charge is 2.34. The summed E-state index contributed by atoms with van der Waals surface area (Å²) >= 11 is 0. The van der Waals surface area contributed by atoms with Crippen molar-refractivity contribution in [2.75, 3.05) is 0 Å². The molecule has 0 fully saturated rings. The molecular formula is C78H42N4O2. The molecule has 0 amide bonds. The molecule has 0 unspecified atom stereocenters. The van der Waals surface area contributed by atoms with E-state index in [1.165, 1.54) is 109 Å². The molecule has 8 heterocycles. The molecule has 0 saturated heterocycles. The maximum Gasteiger partial charge on any atom is 0.159 e. The van der Waals surface area contributed by atoms with E-state index >= 15 is 0 Å². The molecule has 0 atom stereocenters. The number of benzene rings is 13. The third-order valence-corrected chi connectivity index (χ3v) is 19.0. The molecule has 8 aromatic heterocycles. The average molecular weight is 1070 g/mol. The van der Waals surface area contributed by atoms with Crippen LogP contribution in [0.15, 0.2) is 264 Å². The molecular weight excluding hydrogens is 1020 g/mol. The minimum absolute atomic E-state index is 0.874. The van der Waals surface area contributed by atoms with Crippen molar-refractivity contribution in [3.63, 3.8) is 0 Å². The summed E-state index contributed by atoms with van der Waals surface area (Å²) in [5.41, 5.74) is 22.0. The molecule has 0 N–H and O–H groups in total. The Kier molecular flexibility index (Phi) is 7.94. The number of rotatable bonds is 4. The summed E-state index contributed by atoms with van der Waals surface area (Å²) in [6.45, 7) is 0. The van der Waals surface area contributed by atoms with Crippen LogP contribution in [0.5, 0.6) is 0 Å². The third-order valence-electron chi connectivity index (χ3n) is 19.0. The van der Waals surface area contributed by atoms with Crippen molar-refractivity contribution in [3.05, 3.63) is 255 Å². The van der Waals surface area contributed by atoms with E-state index in [4.69, 9.17) is 8.83 Å². The quantitative estimate of drug-likeness (QED) is 0.176. The fraction of sp³-hybridized carbons (Fsp3) is 0. The van der Waals surface area contributed by atoms with E-state index in [1.54, 1.807) is 0 Å². The van der Waals surface area contributed by atoms with E-state index in [0.29, 0.717) is 0 Å². The lowest BCUT2D eigenvalue weighted by molar-refractivity contribution is 0.666. The molecule has 0 saturated carbocycles.